The van der Waals surface area contributed by atoms with Crippen LogP contribution in [0.5, 0.6) is 5.75 Å². The Morgan fingerprint density at radius 1 is 1.27 bits per heavy atom. The zero-order valence-electron chi connectivity index (χ0n) is 14.9. The first kappa shape index (κ1) is 18.7. The molecule has 1 aliphatic heterocycles. The van der Waals surface area contributed by atoms with E-state index in [0.29, 0.717) is 16.9 Å². The van der Waals surface area contributed by atoms with E-state index >= 15 is 0 Å². The monoisotopic (exact) mass is 379 g/mol. The molecule has 2 heterocycles. The van der Waals surface area contributed by atoms with Gasteiger partial charge in [0.25, 0.3) is 11.1 Å². The molecule has 1 aliphatic rings. The first-order valence-corrected chi connectivity index (χ1v) is 9.66. The van der Waals surface area contributed by atoms with Crippen molar-refractivity contribution in [1.29, 1.82) is 0 Å². The lowest BCUT2D eigenvalue weighted by atomic mass is 9.98. The fourth-order valence-corrected chi connectivity index (χ4v) is 3.79. The number of benzene rings is 1. The number of piperidine rings is 1. The van der Waals surface area contributed by atoms with E-state index in [9.17, 15) is 9.18 Å². The largest absolute Gasteiger partial charge is 0.484 e. The molecule has 0 saturated carbocycles. The van der Waals surface area contributed by atoms with Gasteiger partial charge in [-0.15, -0.1) is 10.2 Å². The Labute approximate surface area is 156 Å². The van der Waals surface area contributed by atoms with E-state index in [4.69, 9.17) is 9.15 Å². The Morgan fingerprint density at radius 3 is 2.65 bits per heavy atom. The summed E-state index contributed by atoms with van der Waals surface area (Å²) >= 11 is 1.23. The minimum Gasteiger partial charge on any atom is -0.484 e. The minimum absolute atomic E-state index is 0.0906. The SMILES string of the molecule is C[C@H]1CCC[C@H](C)N1C(=O)CSc1nnc(COc2ccc(F)cc2)o1. The van der Waals surface area contributed by atoms with Crippen molar-refractivity contribution < 1.29 is 18.3 Å². The summed E-state index contributed by atoms with van der Waals surface area (Å²) in [7, 11) is 0. The van der Waals surface area contributed by atoms with Crippen LogP contribution in [-0.2, 0) is 11.4 Å². The van der Waals surface area contributed by atoms with Crippen molar-refractivity contribution >= 4 is 17.7 Å². The molecule has 26 heavy (non-hydrogen) atoms. The maximum atomic E-state index is 12.9. The molecule has 0 bridgehead atoms. The topological polar surface area (TPSA) is 68.5 Å². The quantitative estimate of drug-likeness (QED) is 0.714. The van der Waals surface area contributed by atoms with Gasteiger partial charge in [0.15, 0.2) is 6.61 Å². The summed E-state index contributed by atoms with van der Waals surface area (Å²) in [5.41, 5.74) is 0. The molecule has 2 atom stereocenters. The molecule has 0 N–H and O–H groups in total. The zero-order chi connectivity index (χ0) is 18.5. The summed E-state index contributed by atoms with van der Waals surface area (Å²) in [6, 6.07) is 6.24. The molecule has 3 rings (SSSR count). The number of aromatic nitrogens is 2. The first-order valence-electron chi connectivity index (χ1n) is 8.67. The lowest BCUT2D eigenvalue weighted by molar-refractivity contribution is -0.134. The number of likely N-dealkylation sites (tertiary alicyclic amines) is 1. The number of halogens is 1. The molecule has 0 radical (unpaired) electrons. The highest BCUT2D eigenvalue weighted by Gasteiger charge is 2.29. The van der Waals surface area contributed by atoms with E-state index in [1.165, 1.54) is 42.4 Å². The van der Waals surface area contributed by atoms with Gasteiger partial charge >= 0.3 is 0 Å². The average molecular weight is 379 g/mol. The normalized spacial score (nSPS) is 20.2. The van der Waals surface area contributed by atoms with Crippen LogP contribution in [0.15, 0.2) is 33.9 Å². The molecule has 1 saturated heterocycles. The second-order valence-corrected chi connectivity index (χ2v) is 7.35. The van der Waals surface area contributed by atoms with E-state index < -0.39 is 0 Å². The van der Waals surface area contributed by atoms with Gasteiger partial charge in [-0.1, -0.05) is 11.8 Å². The van der Waals surface area contributed by atoms with Gasteiger partial charge in [0, 0.05) is 12.1 Å². The Balaban J connectivity index is 1.48. The zero-order valence-corrected chi connectivity index (χ0v) is 15.7. The summed E-state index contributed by atoms with van der Waals surface area (Å²) in [4.78, 5) is 14.5. The van der Waals surface area contributed by atoms with E-state index in [1.807, 2.05) is 4.90 Å². The Morgan fingerprint density at radius 2 is 1.96 bits per heavy atom. The van der Waals surface area contributed by atoms with E-state index in [-0.39, 0.29) is 36.2 Å². The highest BCUT2D eigenvalue weighted by molar-refractivity contribution is 7.99. The van der Waals surface area contributed by atoms with Gasteiger partial charge in [0.05, 0.1) is 5.75 Å². The minimum atomic E-state index is -0.323. The number of amides is 1. The van der Waals surface area contributed by atoms with Crippen molar-refractivity contribution in [3.63, 3.8) is 0 Å². The third-order valence-corrected chi connectivity index (χ3v) is 5.23. The van der Waals surface area contributed by atoms with Crippen LogP contribution in [-0.4, -0.2) is 38.8 Å². The van der Waals surface area contributed by atoms with Crippen LogP contribution in [0.3, 0.4) is 0 Å². The average Bonchev–Trinajstić information content (AvgIpc) is 3.07. The van der Waals surface area contributed by atoms with E-state index in [0.717, 1.165) is 12.8 Å². The predicted molar refractivity (Wildman–Crippen MR) is 95.4 cm³/mol. The highest BCUT2D eigenvalue weighted by Crippen LogP contribution is 2.25. The van der Waals surface area contributed by atoms with Crippen LogP contribution in [0.2, 0.25) is 0 Å². The van der Waals surface area contributed by atoms with Gasteiger partial charge in [0.1, 0.15) is 11.6 Å². The van der Waals surface area contributed by atoms with Crippen LogP contribution in [0.1, 0.15) is 39.0 Å². The third-order valence-electron chi connectivity index (χ3n) is 4.42. The third kappa shape index (κ3) is 4.75. The molecule has 1 amide bonds. The van der Waals surface area contributed by atoms with Crippen LogP contribution < -0.4 is 4.74 Å². The fraction of sp³-hybridized carbons (Fsp3) is 0.500. The van der Waals surface area contributed by atoms with Crippen molar-refractivity contribution in [3.8, 4) is 5.75 Å². The van der Waals surface area contributed by atoms with E-state index in [2.05, 4.69) is 24.0 Å². The number of ether oxygens (including phenoxy) is 1. The van der Waals surface area contributed by atoms with Gasteiger partial charge in [-0.3, -0.25) is 4.79 Å². The molecular formula is C18H22FN3O3S. The molecule has 1 aromatic heterocycles. The van der Waals surface area contributed by atoms with Crippen LogP contribution in [0, 0.1) is 5.82 Å². The first-order chi connectivity index (χ1) is 12.5. The summed E-state index contributed by atoms with van der Waals surface area (Å²) in [6.07, 6.45) is 3.26. The Bertz CT molecular complexity index is 728. The fourth-order valence-electron chi connectivity index (χ4n) is 3.14. The number of rotatable bonds is 6. The molecule has 6 nitrogen and oxygen atoms in total. The van der Waals surface area contributed by atoms with Crippen molar-refractivity contribution in [1.82, 2.24) is 15.1 Å². The molecule has 140 valence electrons. The number of nitrogens with zero attached hydrogens (tertiary/aromatic N) is 3. The maximum Gasteiger partial charge on any atom is 0.277 e. The molecule has 8 heteroatoms. The van der Waals surface area contributed by atoms with Gasteiger partial charge in [0.2, 0.25) is 5.91 Å². The molecular weight excluding hydrogens is 357 g/mol. The molecule has 1 fully saturated rings. The summed E-state index contributed by atoms with van der Waals surface area (Å²) in [6.45, 7) is 4.28. The summed E-state index contributed by atoms with van der Waals surface area (Å²) in [5, 5.41) is 8.18. The number of carbonyl (C=O) groups excluding carboxylic acids is 1. The Hall–Kier alpha value is -2.09. The number of hydrogen-bond acceptors (Lipinski definition) is 6. The van der Waals surface area contributed by atoms with Crippen LogP contribution in [0.4, 0.5) is 4.39 Å². The standard InChI is InChI=1S/C18H22FN3O3S/c1-12-4-3-5-13(2)22(12)17(23)11-26-18-21-20-16(25-18)10-24-15-8-6-14(19)7-9-15/h6-9,12-13H,3-5,10-11H2,1-2H3/t12-,13-/m0/s1. The van der Waals surface area contributed by atoms with Crippen molar-refractivity contribution in [2.24, 2.45) is 0 Å². The van der Waals surface area contributed by atoms with Crippen LogP contribution in [0.25, 0.3) is 0 Å². The lowest BCUT2D eigenvalue weighted by Gasteiger charge is -2.39. The second-order valence-electron chi connectivity index (χ2n) is 6.42. The smallest absolute Gasteiger partial charge is 0.277 e. The van der Waals surface area contributed by atoms with Crippen molar-refractivity contribution in [2.75, 3.05) is 5.75 Å². The Kier molecular flexibility index (Phi) is 6.13. The van der Waals surface area contributed by atoms with Gasteiger partial charge in [-0.2, -0.15) is 0 Å². The number of carbonyl (C=O) groups is 1. The molecule has 0 unspecified atom stereocenters. The molecule has 0 spiro atoms. The second kappa shape index (κ2) is 8.53. The van der Waals surface area contributed by atoms with Crippen LogP contribution >= 0.6 is 11.8 Å². The maximum absolute atomic E-state index is 12.9. The molecule has 2 aromatic rings. The predicted octanol–water partition coefficient (Wildman–Crippen LogP) is 3.67. The number of hydrogen-bond donors (Lipinski definition) is 0. The van der Waals surface area contributed by atoms with Gasteiger partial charge in [-0.25, -0.2) is 4.39 Å². The van der Waals surface area contributed by atoms with E-state index in [1.54, 1.807) is 0 Å². The summed E-state index contributed by atoms with van der Waals surface area (Å²) in [5.74, 6) is 0.869. The molecule has 0 aliphatic carbocycles. The van der Waals surface area contributed by atoms with Gasteiger partial charge < -0.3 is 14.1 Å². The molecule has 1 aromatic carbocycles. The number of thioether (sulfide) groups is 1. The lowest BCUT2D eigenvalue weighted by Crippen LogP contribution is -2.48. The summed E-state index contributed by atoms with van der Waals surface area (Å²) < 4.78 is 23.8. The van der Waals surface area contributed by atoms with Crippen molar-refractivity contribution in [3.05, 3.63) is 36.0 Å². The van der Waals surface area contributed by atoms with Gasteiger partial charge in [-0.05, 0) is 57.4 Å². The highest BCUT2D eigenvalue weighted by atomic mass is 32.2. The van der Waals surface area contributed by atoms with Crippen molar-refractivity contribution in [2.45, 2.75) is 57.0 Å².